The average molecular weight is 332 g/mol. The van der Waals surface area contributed by atoms with Gasteiger partial charge in [-0.15, -0.1) is 0 Å². The van der Waals surface area contributed by atoms with Gasteiger partial charge in [0.2, 0.25) is 0 Å². The molecular weight excluding hydrogens is 300 g/mol. The van der Waals surface area contributed by atoms with E-state index in [1.54, 1.807) is 14.2 Å². The lowest BCUT2D eigenvalue weighted by atomic mass is 9.84. The van der Waals surface area contributed by atoms with Gasteiger partial charge >= 0.3 is 0 Å². The maximum Gasteiger partial charge on any atom is 0.173 e. The fourth-order valence-electron chi connectivity index (χ4n) is 3.52. The van der Waals surface area contributed by atoms with Crippen LogP contribution in [-0.4, -0.2) is 74.1 Å². The molecule has 0 aromatic carbocycles. The Morgan fingerprint density at radius 3 is 2.52 bits per heavy atom. The number of methoxy groups -OCH3 is 1. The van der Waals surface area contributed by atoms with E-state index in [0.717, 1.165) is 12.8 Å². The van der Waals surface area contributed by atoms with Crippen LogP contribution in [0.15, 0.2) is 0 Å². The van der Waals surface area contributed by atoms with Crippen LogP contribution in [0, 0.1) is 0 Å². The number of nitrogens with two attached hydrogens (primary N) is 3. The molecule has 8 heteroatoms. The number of rotatable bonds is 5. The Morgan fingerprint density at radius 1 is 1.26 bits per heavy atom. The van der Waals surface area contributed by atoms with Crippen molar-refractivity contribution >= 4 is 0 Å². The monoisotopic (exact) mass is 332 g/mol. The minimum absolute atomic E-state index is 0.0939. The molecule has 2 rings (SSSR count). The first-order valence-electron chi connectivity index (χ1n) is 8.34. The summed E-state index contributed by atoms with van der Waals surface area (Å²) in [5.41, 5.74) is 18.2. The highest BCUT2D eigenvalue weighted by molar-refractivity contribution is 5.00. The van der Waals surface area contributed by atoms with Crippen LogP contribution in [-0.2, 0) is 14.2 Å². The van der Waals surface area contributed by atoms with Crippen molar-refractivity contribution in [1.82, 2.24) is 5.32 Å². The summed E-state index contributed by atoms with van der Waals surface area (Å²) >= 11 is 0. The Morgan fingerprint density at radius 2 is 1.96 bits per heavy atom. The summed E-state index contributed by atoms with van der Waals surface area (Å²) in [6, 6.07) is -0.959. The summed E-state index contributed by atoms with van der Waals surface area (Å²) < 4.78 is 17.3. The molecule has 1 saturated heterocycles. The van der Waals surface area contributed by atoms with Crippen LogP contribution in [0.2, 0.25) is 0 Å². The molecule has 2 aliphatic rings. The topological polar surface area (TPSA) is 138 Å². The van der Waals surface area contributed by atoms with Crippen molar-refractivity contribution in [1.29, 1.82) is 0 Å². The van der Waals surface area contributed by atoms with Crippen molar-refractivity contribution in [2.75, 3.05) is 14.2 Å². The van der Waals surface area contributed by atoms with Crippen molar-refractivity contribution in [3.63, 3.8) is 0 Å². The minimum atomic E-state index is -0.805. The van der Waals surface area contributed by atoms with E-state index in [0.29, 0.717) is 6.42 Å². The SMILES string of the molecule is CNC1C(OC)CC(N)C(OC2OC([C@H](C)N)CCC2N)C1O. The lowest BCUT2D eigenvalue weighted by Crippen LogP contribution is -2.65. The molecule has 136 valence electrons. The third kappa shape index (κ3) is 4.21. The number of aliphatic hydroxyl groups is 1. The lowest BCUT2D eigenvalue weighted by Gasteiger charge is -2.45. The van der Waals surface area contributed by atoms with E-state index >= 15 is 0 Å². The van der Waals surface area contributed by atoms with Gasteiger partial charge in [-0.05, 0) is 33.2 Å². The molecule has 1 aliphatic carbocycles. The van der Waals surface area contributed by atoms with Crippen LogP contribution in [0.4, 0.5) is 0 Å². The third-order valence-corrected chi connectivity index (χ3v) is 4.99. The molecule has 0 aromatic rings. The summed E-state index contributed by atoms with van der Waals surface area (Å²) in [5, 5.41) is 13.7. The van der Waals surface area contributed by atoms with Gasteiger partial charge in [0.25, 0.3) is 0 Å². The smallest absolute Gasteiger partial charge is 0.173 e. The van der Waals surface area contributed by atoms with E-state index < -0.39 is 18.5 Å². The van der Waals surface area contributed by atoms with Crippen molar-refractivity contribution < 1.29 is 19.3 Å². The average Bonchev–Trinajstić information content (AvgIpc) is 2.52. The maximum atomic E-state index is 10.6. The zero-order chi connectivity index (χ0) is 17.1. The normalized spacial score (nSPS) is 46.6. The van der Waals surface area contributed by atoms with Crippen LogP contribution in [0.25, 0.3) is 0 Å². The van der Waals surface area contributed by atoms with E-state index in [1.807, 2.05) is 6.92 Å². The van der Waals surface area contributed by atoms with Gasteiger partial charge in [-0.1, -0.05) is 0 Å². The standard InChI is InChI=1S/C15H32N4O4/c1-7(16)10-5-4-8(17)15(22-10)23-14-9(18)6-11(21-3)12(19-2)13(14)20/h7-15,19-20H,4-6,16-18H2,1-3H3/t7-,8?,9?,10?,11?,12?,13?,14?,15?/m0/s1. The van der Waals surface area contributed by atoms with Gasteiger partial charge in [-0.25, -0.2) is 0 Å². The highest BCUT2D eigenvalue weighted by Crippen LogP contribution is 2.28. The van der Waals surface area contributed by atoms with E-state index in [9.17, 15) is 5.11 Å². The van der Waals surface area contributed by atoms with E-state index in [1.165, 1.54) is 0 Å². The second-order valence-electron chi connectivity index (χ2n) is 6.72. The second kappa shape index (κ2) is 8.17. The molecule has 0 bridgehead atoms. The summed E-state index contributed by atoms with van der Waals surface area (Å²) in [4.78, 5) is 0. The number of hydrogen-bond acceptors (Lipinski definition) is 8. The van der Waals surface area contributed by atoms with Gasteiger partial charge in [0, 0.05) is 19.2 Å². The zero-order valence-electron chi connectivity index (χ0n) is 14.2. The first-order valence-corrected chi connectivity index (χ1v) is 8.34. The summed E-state index contributed by atoms with van der Waals surface area (Å²) in [6.07, 6.45) is -0.0776. The van der Waals surface area contributed by atoms with Gasteiger partial charge in [-0.2, -0.15) is 0 Å². The Kier molecular flexibility index (Phi) is 6.76. The van der Waals surface area contributed by atoms with Crippen LogP contribution >= 0.6 is 0 Å². The molecule has 1 saturated carbocycles. The van der Waals surface area contributed by atoms with E-state index in [4.69, 9.17) is 31.4 Å². The quantitative estimate of drug-likeness (QED) is 0.399. The Balaban J connectivity index is 2.05. The summed E-state index contributed by atoms with van der Waals surface area (Å²) in [7, 11) is 3.39. The van der Waals surface area contributed by atoms with Crippen molar-refractivity contribution in [3.05, 3.63) is 0 Å². The van der Waals surface area contributed by atoms with Gasteiger partial charge in [-0.3, -0.25) is 0 Å². The van der Waals surface area contributed by atoms with Crippen LogP contribution < -0.4 is 22.5 Å². The highest BCUT2D eigenvalue weighted by atomic mass is 16.7. The molecule has 23 heavy (non-hydrogen) atoms. The molecule has 8 unspecified atom stereocenters. The van der Waals surface area contributed by atoms with Crippen LogP contribution in [0.1, 0.15) is 26.2 Å². The number of ether oxygens (including phenoxy) is 3. The Bertz CT molecular complexity index is 373. The van der Waals surface area contributed by atoms with E-state index in [-0.39, 0.29) is 36.4 Å². The van der Waals surface area contributed by atoms with E-state index in [2.05, 4.69) is 5.32 Å². The van der Waals surface area contributed by atoms with Crippen molar-refractivity contribution in [2.45, 2.75) is 81.1 Å². The number of nitrogens with one attached hydrogen (secondary N) is 1. The first-order chi connectivity index (χ1) is 10.9. The molecule has 1 heterocycles. The molecule has 8 N–H and O–H groups in total. The van der Waals surface area contributed by atoms with Crippen LogP contribution in [0.5, 0.6) is 0 Å². The number of aliphatic hydroxyl groups excluding tert-OH is 1. The predicted molar refractivity (Wildman–Crippen MR) is 86.6 cm³/mol. The number of likely N-dealkylation sites (N-methyl/N-ethyl adjacent to an activating group) is 1. The summed E-state index contributed by atoms with van der Waals surface area (Å²) in [5.74, 6) is 0. The minimum Gasteiger partial charge on any atom is -0.389 e. The molecule has 9 atom stereocenters. The Labute approximate surface area is 138 Å². The largest absolute Gasteiger partial charge is 0.389 e. The van der Waals surface area contributed by atoms with Gasteiger partial charge in [0.05, 0.1) is 30.4 Å². The highest BCUT2D eigenvalue weighted by Gasteiger charge is 2.45. The summed E-state index contributed by atoms with van der Waals surface area (Å²) in [6.45, 7) is 1.90. The van der Waals surface area contributed by atoms with Gasteiger partial charge in [0.15, 0.2) is 6.29 Å². The molecule has 0 radical (unpaired) electrons. The molecule has 0 amide bonds. The maximum absolute atomic E-state index is 10.6. The molecule has 0 aromatic heterocycles. The van der Waals surface area contributed by atoms with Crippen LogP contribution in [0.3, 0.4) is 0 Å². The lowest BCUT2D eigenvalue weighted by molar-refractivity contribution is -0.253. The molecule has 0 spiro atoms. The fraction of sp³-hybridized carbons (Fsp3) is 1.00. The molecule has 1 aliphatic heterocycles. The van der Waals surface area contributed by atoms with Crippen molar-refractivity contribution in [3.8, 4) is 0 Å². The zero-order valence-corrected chi connectivity index (χ0v) is 14.2. The van der Waals surface area contributed by atoms with Gasteiger partial charge in [0.1, 0.15) is 6.10 Å². The Hall–Kier alpha value is -0.320. The first kappa shape index (κ1) is 19.0. The van der Waals surface area contributed by atoms with Crippen molar-refractivity contribution in [2.24, 2.45) is 17.2 Å². The molecule has 8 nitrogen and oxygen atoms in total. The number of hydrogen-bond donors (Lipinski definition) is 5. The predicted octanol–water partition coefficient (Wildman–Crippen LogP) is -1.75. The second-order valence-corrected chi connectivity index (χ2v) is 6.72. The molecular formula is C15H32N4O4. The molecule has 2 fully saturated rings. The fourth-order valence-corrected chi connectivity index (χ4v) is 3.52. The van der Waals surface area contributed by atoms with Gasteiger partial charge < -0.3 is 41.8 Å². The third-order valence-electron chi connectivity index (χ3n) is 4.99.